The molecular weight excluding hydrogens is 340 g/mol. The normalized spacial score (nSPS) is 12.5. The molecule has 0 aliphatic heterocycles. The molecule has 0 spiro atoms. The monoisotopic (exact) mass is 370 g/mol. The number of hydrogen-bond acceptors (Lipinski definition) is 3. The molecule has 0 fully saturated rings. The largest absolute Gasteiger partial charge is 0.496 e. The second-order valence-electron chi connectivity index (χ2n) is 6.72. The molecule has 0 atom stereocenters. The molecule has 2 rings (SSSR count). The summed E-state index contributed by atoms with van der Waals surface area (Å²) >= 11 is 4.30. The van der Waals surface area contributed by atoms with Crippen LogP contribution in [0.4, 0.5) is 0 Å². The summed E-state index contributed by atoms with van der Waals surface area (Å²) in [6, 6.07) is 8.26. The van der Waals surface area contributed by atoms with Crippen molar-refractivity contribution in [1.82, 2.24) is 0 Å². The van der Waals surface area contributed by atoms with Gasteiger partial charge in [0.1, 0.15) is 11.5 Å². The van der Waals surface area contributed by atoms with Crippen molar-refractivity contribution in [3.05, 3.63) is 58.7 Å². The van der Waals surface area contributed by atoms with Crippen molar-refractivity contribution >= 4 is 23.4 Å². The fraction of sp³-hybridized carbons (Fsp3) is 0.391. The molecule has 0 radical (unpaired) electrons. The van der Waals surface area contributed by atoms with Gasteiger partial charge in [-0.25, -0.2) is 0 Å². The van der Waals surface area contributed by atoms with Crippen molar-refractivity contribution in [2.75, 3.05) is 20.0 Å². The molecule has 0 bridgehead atoms. The highest BCUT2D eigenvalue weighted by Gasteiger charge is 2.17. The van der Waals surface area contributed by atoms with Crippen molar-refractivity contribution in [2.45, 2.75) is 40.0 Å². The Kier molecular flexibility index (Phi) is 7.65. The number of ether oxygens (including phenoxy) is 2. The standard InChI is InChI=1S/C23H30O2S/c1-16(9-8-10-17(2)15-26)13-14-19-18(3)22(24-4)20-11-6-7-12-21(20)23(19)25-5/h6-7,10-13,26H,8-9,14-15H2,1-5H3/b16-13+,17-10+. The van der Waals surface area contributed by atoms with Crippen LogP contribution in [0.15, 0.2) is 47.6 Å². The molecule has 140 valence electrons. The van der Waals surface area contributed by atoms with E-state index in [0.717, 1.165) is 52.9 Å². The Balaban J connectivity index is 2.34. The summed E-state index contributed by atoms with van der Waals surface area (Å²) in [4.78, 5) is 0. The van der Waals surface area contributed by atoms with E-state index in [1.807, 2.05) is 12.1 Å². The molecule has 0 aromatic heterocycles. The third-order valence-corrected chi connectivity index (χ3v) is 5.33. The second-order valence-corrected chi connectivity index (χ2v) is 7.03. The van der Waals surface area contributed by atoms with Crippen LogP contribution in [0.3, 0.4) is 0 Å². The first kappa shape index (κ1) is 20.4. The van der Waals surface area contributed by atoms with Crippen LogP contribution in [0.2, 0.25) is 0 Å². The number of fused-ring (bicyclic) bond motifs is 1. The maximum Gasteiger partial charge on any atom is 0.130 e. The molecule has 0 N–H and O–H groups in total. The molecule has 2 nitrogen and oxygen atoms in total. The topological polar surface area (TPSA) is 18.5 Å². The predicted octanol–water partition coefficient (Wildman–Crippen LogP) is 6.31. The number of allylic oxidation sites excluding steroid dienone is 3. The van der Waals surface area contributed by atoms with Crippen molar-refractivity contribution < 1.29 is 9.47 Å². The molecule has 0 aliphatic carbocycles. The molecule has 0 saturated carbocycles. The van der Waals surface area contributed by atoms with Gasteiger partial charge in [0.25, 0.3) is 0 Å². The van der Waals surface area contributed by atoms with Crippen LogP contribution in [0.25, 0.3) is 10.8 Å². The van der Waals surface area contributed by atoms with Gasteiger partial charge in [-0.2, -0.15) is 12.6 Å². The Hall–Kier alpha value is -1.87. The highest BCUT2D eigenvalue weighted by Crippen LogP contribution is 2.40. The minimum atomic E-state index is 0.829. The zero-order valence-electron chi connectivity index (χ0n) is 16.6. The van der Waals surface area contributed by atoms with Crippen LogP contribution in [-0.4, -0.2) is 20.0 Å². The first-order valence-corrected chi connectivity index (χ1v) is 9.71. The molecule has 2 aromatic rings. The van der Waals surface area contributed by atoms with Gasteiger partial charge in [0.2, 0.25) is 0 Å². The number of thiol groups is 1. The van der Waals surface area contributed by atoms with E-state index in [4.69, 9.17) is 9.47 Å². The van der Waals surface area contributed by atoms with E-state index in [9.17, 15) is 0 Å². The van der Waals surface area contributed by atoms with E-state index in [1.165, 1.54) is 16.7 Å². The van der Waals surface area contributed by atoms with Crippen LogP contribution in [-0.2, 0) is 6.42 Å². The predicted molar refractivity (Wildman–Crippen MR) is 116 cm³/mol. The Morgan fingerprint density at radius 3 is 2.15 bits per heavy atom. The maximum absolute atomic E-state index is 5.80. The average Bonchev–Trinajstić information content (AvgIpc) is 2.65. The number of hydrogen-bond donors (Lipinski definition) is 1. The first-order chi connectivity index (χ1) is 12.5. The summed E-state index contributed by atoms with van der Waals surface area (Å²) in [6.45, 7) is 6.44. The van der Waals surface area contributed by atoms with Crippen LogP contribution in [0.5, 0.6) is 11.5 Å². The maximum atomic E-state index is 5.80. The van der Waals surface area contributed by atoms with Crippen molar-refractivity contribution in [2.24, 2.45) is 0 Å². The highest BCUT2D eigenvalue weighted by molar-refractivity contribution is 7.80. The van der Waals surface area contributed by atoms with Crippen LogP contribution < -0.4 is 9.47 Å². The van der Waals surface area contributed by atoms with Gasteiger partial charge in [0, 0.05) is 22.1 Å². The van der Waals surface area contributed by atoms with Crippen LogP contribution >= 0.6 is 12.6 Å². The van der Waals surface area contributed by atoms with E-state index >= 15 is 0 Å². The lowest BCUT2D eigenvalue weighted by Crippen LogP contribution is -2.00. The number of methoxy groups -OCH3 is 2. The van der Waals surface area contributed by atoms with Gasteiger partial charge < -0.3 is 9.47 Å². The van der Waals surface area contributed by atoms with Gasteiger partial charge in [0.15, 0.2) is 0 Å². The second kappa shape index (κ2) is 9.72. The van der Waals surface area contributed by atoms with Gasteiger partial charge in [-0.3, -0.25) is 0 Å². The first-order valence-electron chi connectivity index (χ1n) is 9.07. The Labute approximate surface area is 163 Å². The van der Waals surface area contributed by atoms with Gasteiger partial charge in [0.05, 0.1) is 14.2 Å². The SMILES string of the molecule is COc1c(C)c(C/C=C(\C)CC/C=C(\C)CS)c(OC)c2ccccc12. The molecule has 0 unspecified atom stereocenters. The lowest BCUT2D eigenvalue weighted by atomic mass is 9.95. The third-order valence-electron chi connectivity index (χ3n) is 4.83. The lowest BCUT2D eigenvalue weighted by molar-refractivity contribution is 0.404. The van der Waals surface area contributed by atoms with E-state index in [2.05, 4.69) is 57.7 Å². The van der Waals surface area contributed by atoms with Crippen molar-refractivity contribution in [1.29, 1.82) is 0 Å². The third kappa shape index (κ3) is 4.64. The Morgan fingerprint density at radius 1 is 0.962 bits per heavy atom. The van der Waals surface area contributed by atoms with Gasteiger partial charge in [-0.05, 0) is 45.6 Å². The summed E-state index contributed by atoms with van der Waals surface area (Å²) in [5, 5.41) is 2.20. The Bertz CT molecular complexity index is 819. The lowest BCUT2D eigenvalue weighted by Gasteiger charge is -2.18. The van der Waals surface area contributed by atoms with E-state index in [0.29, 0.717) is 0 Å². The minimum Gasteiger partial charge on any atom is -0.496 e. The molecule has 26 heavy (non-hydrogen) atoms. The summed E-state index contributed by atoms with van der Waals surface area (Å²) in [5.74, 6) is 2.72. The average molecular weight is 371 g/mol. The molecule has 0 amide bonds. The molecule has 0 saturated heterocycles. The fourth-order valence-electron chi connectivity index (χ4n) is 3.28. The summed E-state index contributed by atoms with van der Waals surface area (Å²) in [7, 11) is 3.49. The van der Waals surface area contributed by atoms with Crippen LogP contribution in [0.1, 0.15) is 37.8 Å². The highest BCUT2D eigenvalue weighted by atomic mass is 32.1. The molecule has 2 aromatic carbocycles. The fourth-order valence-corrected chi connectivity index (χ4v) is 3.41. The number of rotatable bonds is 8. The van der Waals surface area contributed by atoms with Gasteiger partial charge in [-0.1, -0.05) is 47.6 Å². The van der Waals surface area contributed by atoms with Crippen molar-refractivity contribution in [3.63, 3.8) is 0 Å². The van der Waals surface area contributed by atoms with Gasteiger partial charge in [-0.15, -0.1) is 0 Å². The molecule has 0 aliphatic rings. The van der Waals surface area contributed by atoms with Gasteiger partial charge >= 0.3 is 0 Å². The van der Waals surface area contributed by atoms with Crippen molar-refractivity contribution in [3.8, 4) is 11.5 Å². The minimum absolute atomic E-state index is 0.829. The van der Waals surface area contributed by atoms with E-state index < -0.39 is 0 Å². The zero-order chi connectivity index (χ0) is 19.1. The summed E-state index contributed by atoms with van der Waals surface area (Å²) in [6.07, 6.45) is 7.55. The molecular formula is C23H30O2S. The zero-order valence-corrected chi connectivity index (χ0v) is 17.5. The molecule has 0 heterocycles. The van der Waals surface area contributed by atoms with E-state index in [-0.39, 0.29) is 0 Å². The summed E-state index contributed by atoms with van der Waals surface area (Å²) < 4.78 is 11.5. The summed E-state index contributed by atoms with van der Waals surface area (Å²) in [5.41, 5.74) is 5.07. The quantitative estimate of drug-likeness (QED) is 0.433. The smallest absolute Gasteiger partial charge is 0.130 e. The Morgan fingerprint density at radius 2 is 1.58 bits per heavy atom. The molecule has 3 heteroatoms. The van der Waals surface area contributed by atoms with E-state index in [1.54, 1.807) is 14.2 Å². The number of benzene rings is 2. The van der Waals surface area contributed by atoms with Crippen LogP contribution in [0, 0.1) is 6.92 Å².